The van der Waals surface area contributed by atoms with Gasteiger partial charge in [0.2, 0.25) is 5.82 Å². The summed E-state index contributed by atoms with van der Waals surface area (Å²) >= 11 is 0. The van der Waals surface area contributed by atoms with E-state index in [4.69, 9.17) is 0 Å². The molecule has 0 aliphatic heterocycles. The zero-order valence-corrected chi connectivity index (χ0v) is 9.50. The minimum atomic E-state index is -1.03. The van der Waals surface area contributed by atoms with Gasteiger partial charge in [-0.15, -0.1) is 0 Å². The fourth-order valence-electron chi connectivity index (χ4n) is 1.20. The summed E-state index contributed by atoms with van der Waals surface area (Å²) in [5, 5.41) is 0. The highest BCUT2D eigenvalue weighted by atomic mass is 19.2. The Labute approximate surface area is 97.7 Å². The second kappa shape index (κ2) is 5.98. The lowest BCUT2D eigenvalue weighted by Gasteiger charge is -2.04. The van der Waals surface area contributed by atoms with Gasteiger partial charge in [0, 0.05) is 0 Å². The molecule has 0 aliphatic carbocycles. The van der Waals surface area contributed by atoms with Crippen molar-refractivity contribution >= 4 is 12.0 Å². The summed E-state index contributed by atoms with van der Waals surface area (Å²) in [7, 11) is 2.52. The Morgan fingerprint density at radius 2 is 2.06 bits per heavy atom. The van der Waals surface area contributed by atoms with Gasteiger partial charge in [-0.1, -0.05) is 12.2 Å². The predicted molar refractivity (Wildman–Crippen MR) is 58.6 cm³/mol. The molecule has 0 radical (unpaired) electrons. The lowest BCUT2D eigenvalue weighted by atomic mass is 10.1. The van der Waals surface area contributed by atoms with E-state index in [1.54, 1.807) is 0 Å². The van der Waals surface area contributed by atoms with E-state index < -0.39 is 17.6 Å². The van der Waals surface area contributed by atoms with Crippen molar-refractivity contribution in [3.05, 3.63) is 35.4 Å². The van der Waals surface area contributed by atoms with Gasteiger partial charge < -0.3 is 9.47 Å². The first-order chi connectivity index (χ1) is 8.08. The van der Waals surface area contributed by atoms with Gasteiger partial charge in [0.25, 0.3) is 0 Å². The third kappa shape index (κ3) is 3.55. The van der Waals surface area contributed by atoms with E-state index in [0.717, 1.165) is 6.07 Å². The van der Waals surface area contributed by atoms with Crippen molar-refractivity contribution in [1.82, 2.24) is 0 Å². The van der Waals surface area contributed by atoms with Gasteiger partial charge in [0.15, 0.2) is 11.6 Å². The molecule has 0 fully saturated rings. The largest absolute Gasteiger partial charge is 0.494 e. The summed E-state index contributed by atoms with van der Waals surface area (Å²) in [6, 6.07) is 2.36. The van der Waals surface area contributed by atoms with Crippen molar-refractivity contribution in [2.45, 2.75) is 6.42 Å². The van der Waals surface area contributed by atoms with Gasteiger partial charge in [-0.05, 0) is 17.7 Å². The number of hydrogen-bond donors (Lipinski definition) is 0. The topological polar surface area (TPSA) is 35.5 Å². The molecular formula is C12H12F2O3. The van der Waals surface area contributed by atoms with Crippen molar-refractivity contribution in [2.75, 3.05) is 14.2 Å². The minimum absolute atomic E-state index is 0.0673. The fraction of sp³-hybridized carbons (Fsp3) is 0.250. The van der Waals surface area contributed by atoms with Crippen LogP contribution in [0.2, 0.25) is 0 Å². The first-order valence-corrected chi connectivity index (χ1v) is 4.85. The number of methoxy groups -OCH3 is 2. The molecule has 0 heterocycles. The number of rotatable bonds is 4. The average molecular weight is 242 g/mol. The lowest BCUT2D eigenvalue weighted by Crippen LogP contribution is -1.97. The highest BCUT2D eigenvalue weighted by Gasteiger charge is 2.09. The maximum atomic E-state index is 13.1. The van der Waals surface area contributed by atoms with Gasteiger partial charge in [-0.25, -0.2) is 4.39 Å². The number of esters is 1. The molecule has 92 valence electrons. The highest BCUT2D eigenvalue weighted by Crippen LogP contribution is 2.22. The smallest absolute Gasteiger partial charge is 0.309 e. The number of ether oxygens (including phenoxy) is 2. The number of hydrogen-bond acceptors (Lipinski definition) is 3. The molecule has 5 heteroatoms. The summed E-state index contributed by atoms with van der Waals surface area (Å²) in [5.41, 5.74) is 0.407. The third-order valence-corrected chi connectivity index (χ3v) is 2.06. The van der Waals surface area contributed by atoms with Gasteiger partial charge in [0.1, 0.15) is 0 Å². The molecule has 0 bridgehead atoms. The van der Waals surface area contributed by atoms with Crippen molar-refractivity contribution in [1.29, 1.82) is 0 Å². The van der Waals surface area contributed by atoms with Crippen LogP contribution in [0.15, 0.2) is 18.2 Å². The van der Waals surface area contributed by atoms with E-state index in [2.05, 4.69) is 9.47 Å². The number of halogens is 2. The molecule has 1 aromatic carbocycles. The molecule has 0 unspecified atom stereocenters. The second-order valence-corrected chi connectivity index (χ2v) is 3.20. The molecule has 3 nitrogen and oxygen atoms in total. The molecule has 0 N–H and O–H groups in total. The Balaban J connectivity index is 2.85. The lowest BCUT2D eigenvalue weighted by molar-refractivity contribution is -0.139. The van der Waals surface area contributed by atoms with Crippen LogP contribution in [0.3, 0.4) is 0 Å². The number of carbonyl (C=O) groups is 1. The van der Waals surface area contributed by atoms with Crippen molar-refractivity contribution < 1.29 is 23.0 Å². The quantitative estimate of drug-likeness (QED) is 0.761. The zero-order chi connectivity index (χ0) is 12.8. The second-order valence-electron chi connectivity index (χ2n) is 3.20. The molecule has 1 rings (SSSR count). The Kier molecular flexibility index (Phi) is 4.63. The normalized spacial score (nSPS) is 10.6. The molecular weight excluding hydrogens is 230 g/mol. The molecule has 1 aromatic rings. The zero-order valence-electron chi connectivity index (χ0n) is 9.50. The molecule has 0 aromatic heterocycles. The van der Waals surface area contributed by atoms with Crippen LogP contribution in [0, 0.1) is 11.6 Å². The molecule has 0 spiro atoms. The first-order valence-electron chi connectivity index (χ1n) is 4.85. The molecule has 0 atom stereocenters. The average Bonchev–Trinajstić information content (AvgIpc) is 2.33. The summed E-state index contributed by atoms with van der Waals surface area (Å²) in [6.45, 7) is 0. The summed E-state index contributed by atoms with van der Waals surface area (Å²) in [4.78, 5) is 10.8. The third-order valence-electron chi connectivity index (χ3n) is 2.06. The van der Waals surface area contributed by atoms with E-state index in [-0.39, 0.29) is 12.2 Å². The summed E-state index contributed by atoms with van der Waals surface area (Å²) in [5.74, 6) is -2.61. The van der Waals surface area contributed by atoms with E-state index in [0.29, 0.717) is 5.56 Å². The standard InChI is InChI=1S/C12H12F2O3/c1-16-10-7-8(6-9(13)12(10)14)4-3-5-11(15)17-2/h3-4,6-7H,5H2,1-2H3. The van der Waals surface area contributed by atoms with Gasteiger partial charge in [-0.2, -0.15) is 4.39 Å². The predicted octanol–water partition coefficient (Wildman–Crippen LogP) is 2.55. The first kappa shape index (κ1) is 13.2. The molecule has 0 saturated heterocycles. The van der Waals surface area contributed by atoms with Crippen molar-refractivity contribution in [3.63, 3.8) is 0 Å². The van der Waals surface area contributed by atoms with Crippen LogP contribution in [0.4, 0.5) is 8.78 Å². The Hall–Kier alpha value is -1.91. The maximum Gasteiger partial charge on any atom is 0.309 e. The summed E-state index contributed by atoms with van der Waals surface area (Å²) < 4.78 is 35.3. The monoisotopic (exact) mass is 242 g/mol. The van der Waals surface area contributed by atoms with Crippen LogP contribution in [-0.4, -0.2) is 20.2 Å². The Morgan fingerprint density at radius 1 is 1.35 bits per heavy atom. The Morgan fingerprint density at radius 3 is 2.65 bits per heavy atom. The molecule has 17 heavy (non-hydrogen) atoms. The van der Waals surface area contributed by atoms with Crippen LogP contribution in [0.5, 0.6) is 5.75 Å². The summed E-state index contributed by atoms with van der Waals surface area (Å²) in [6.07, 6.45) is 3.05. The highest BCUT2D eigenvalue weighted by molar-refractivity contribution is 5.72. The molecule has 0 saturated carbocycles. The van der Waals surface area contributed by atoms with Gasteiger partial charge >= 0.3 is 5.97 Å². The molecule has 0 aliphatic rings. The SMILES string of the molecule is COC(=O)CC=Cc1cc(F)c(F)c(OC)c1. The fourth-order valence-corrected chi connectivity index (χ4v) is 1.20. The van der Waals surface area contributed by atoms with E-state index in [9.17, 15) is 13.6 Å². The van der Waals surface area contributed by atoms with E-state index in [1.807, 2.05) is 0 Å². The molecule has 0 amide bonds. The van der Waals surface area contributed by atoms with Crippen LogP contribution < -0.4 is 4.74 Å². The van der Waals surface area contributed by atoms with Gasteiger partial charge in [0.05, 0.1) is 20.6 Å². The van der Waals surface area contributed by atoms with Crippen LogP contribution in [0.1, 0.15) is 12.0 Å². The van der Waals surface area contributed by atoms with Gasteiger partial charge in [-0.3, -0.25) is 4.79 Å². The van der Waals surface area contributed by atoms with E-state index >= 15 is 0 Å². The number of carbonyl (C=O) groups excluding carboxylic acids is 1. The maximum absolute atomic E-state index is 13.1. The minimum Gasteiger partial charge on any atom is -0.494 e. The van der Waals surface area contributed by atoms with Crippen molar-refractivity contribution in [3.8, 4) is 5.75 Å². The Bertz CT molecular complexity index is 442. The number of benzene rings is 1. The van der Waals surface area contributed by atoms with Crippen LogP contribution in [-0.2, 0) is 9.53 Å². The van der Waals surface area contributed by atoms with Crippen LogP contribution >= 0.6 is 0 Å². The van der Waals surface area contributed by atoms with Crippen LogP contribution in [0.25, 0.3) is 6.08 Å². The van der Waals surface area contributed by atoms with E-state index in [1.165, 1.54) is 32.4 Å². The van der Waals surface area contributed by atoms with Crippen molar-refractivity contribution in [2.24, 2.45) is 0 Å².